The zero-order valence-corrected chi connectivity index (χ0v) is 10.4. The third kappa shape index (κ3) is 3.83. The van der Waals surface area contributed by atoms with E-state index in [9.17, 15) is 0 Å². The smallest absolute Gasteiger partial charge is 0.119 e. The molecule has 3 N–H and O–H groups in total. The minimum Gasteiger partial charge on any atom is -0.497 e. The van der Waals surface area contributed by atoms with Crippen LogP contribution in [0.4, 0.5) is 0 Å². The highest BCUT2D eigenvalue weighted by atomic mass is 16.5. The lowest BCUT2D eigenvalue weighted by molar-refractivity contribution is 0.401. The summed E-state index contributed by atoms with van der Waals surface area (Å²) in [6, 6.07) is 8.45. The fourth-order valence-electron chi connectivity index (χ4n) is 1.62. The van der Waals surface area contributed by atoms with E-state index in [0.717, 1.165) is 12.3 Å². The monoisotopic (exact) mass is 222 g/mol. The molecule has 90 valence electrons. The van der Waals surface area contributed by atoms with Crippen LogP contribution in [0.5, 0.6) is 5.75 Å². The van der Waals surface area contributed by atoms with E-state index in [-0.39, 0.29) is 0 Å². The third-order valence-corrected chi connectivity index (χ3v) is 2.76. The second kappa shape index (κ2) is 6.51. The van der Waals surface area contributed by atoms with E-state index in [2.05, 4.69) is 25.2 Å². The summed E-state index contributed by atoms with van der Waals surface area (Å²) in [5.41, 5.74) is 6.93. The number of methoxy groups -OCH3 is 1. The van der Waals surface area contributed by atoms with E-state index in [1.807, 2.05) is 18.2 Å². The first kappa shape index (κ1) is 13.0. The van der Waals surface area contributed by atoms with Gasteiger partial charge in [-0.1, -0.05) is 26.0 Å². The Kier molecular flexibility index (Phi) is 5.29. The van der Waals surface area contributed by atoms with Crippen molar-refractivity contribution in [3.8, 4) is 5.75 Å². The fourth-order valence-corrected chi connectivity index (χ4v) is 1.62. The van der Waals surface area contributed by atoms with Crippen LogP contribution in [-0.4, -0.2) is 19.7 Å². The quantitative estimate of drug-likeness (QED) is 0.771. The van der Waals surface area contributed by atoms with Gasteiger partial charge in [0.15, 0.2) is 0 Å². The molecule has 1 rings (SSSR count). The molecule has 1 aromatic rings. The number of hydrogen-bond acceptors (Lipinski definition) is 3. The van der Waals surface area contributed by atoms with Gasteiger partial charge in [0.1, 0.15) is 5.75 Å². The largest absolute Gasteiger partial charge is 0.497 e. The molecule has 0 amide bonds. The molecular formula is C13H22N2O. The van der Waals surface area contributed by atoms with Crippen LogP contribution >= 0.6 is 0 Å². The van der Waals surface area contributed by atoms with Crippen molar-refractivity contribution in [3.63, 3.8) is 0 Å². The van der Waals surface area contributed by atoms with E-state index in [1.54, 1.807) is 7.11 Å². The summed E-state index contributed by atoms with van der Waals surface area (Å²) in [5.74, 6) is 1.45. The predicted octanol–water partition coefficient (Wildman–Crippen LogP) is 1.77. The summed E-state index contributed by atoms with van der Waals surface area (Å²) >= 11 is 0. The van der Waals surface area contributed by atoms with Crippen molar-refractivity contribution < 1.29 is 4.74 Å². The van der Waals surface area contributed by atoms with Crippen LogP contribution in [0.3, 0.4) is 0 Å². The van der Waals surface area contributed by atoms with Crippen molar-refractivity contribution in [2.24, 2.45) is 11.7 Å². The van der Waals surface area contributed by atoms with Crippen molar-refractivity contribution in [2.45, 2.75) is 26.4 Å². The van der Waals surface area contributed by atoms with Gasteiger partial charge in [0.25, 0.3) is 0 Å². The molecule has 3 heteroatoms. The molecule has 0 aliphatic heterocycles. The maximum absolute atomic E-state index is 5.71. The highest BCUT2D eigenvalue weighted by Crippen LogP contribution is 2.12. The first-order chi connectivity index (χ1) is 7.67. The molecule has 0 spiro atoms. The Balaban J connectivity index is 2.53. The van der Waals surface area contributed by atoms with Crippen LogP contribution in [0.1, 0.15) is 19.4 Å². The minimum absolute atomic E-state index is 0.367. The average molecular weight is 222 g/mol. The van der Waals surface area contributed by atoms with Crippen LogP contribution in [0.15, 0.2) is 24.3 Å². The van der Waals surface area contributed by atoms with Crippen LogP contribution in [0, 0.1) is 5.92 Å². The molecule has 0 fully saturated rings. The first-order valence-electron chi connectivity index (χ1n) is 5.73. The SMILES string of the molecule is COc1cccc(CNC(CN)C(C)C)c1. The molecule has 1 aromatic carbocycles. The summed E-state index contributed by atoms with van der Waals surface area (Å²) < 4.78 is 5.18. The summed E-state index contributed by atoms with van der Waals surface area (Å²) in [6.45, 7) is 5.85. The van der Waals surface area contributed by atoms with Gasteiger partial charge in [0, 0.05) is 19.1 Å². The van der Waals surface area contributed by atoms with Gasteiger partial charge in [-0.15, -0.1) is 0 Å². The van der Waals surface area contributed by atoms with E-state index in [4.69, 9.17) is 10.5 Å². The fraction of sp³-hybridized carbons (Fsp3) is 0.538. The van der Waals surface area contributed by atoms with Gasteiger partial charge in [0.05, 0.1) is 7.11 Å². The molecule has 16 heavy (non-hydrogen) atoms. The van der Waals surface area contributed by atoms with E-state index < -0.39 is 0 Å². The van der Waals surface area contributed by atoms with E-state index in [0.29, 0.717) is 18.5 Å². The summed E-state index contributed by atoms with van der Waals surface area (Å²) in [4.78, 5) is 0. The molecule has 0 aliphatic rings. The molecule has 0 aliphatic carbocycles. The lowest BCUT2D eigenvalue weighted by Gasteiger charge is -2.20. The third-order valence-electron chi connectivity index (χ3n) is 2.76. The maximum atomic E-state index is 5.71. The molecule has 0 radical (unpaired) electrons. The van der Waals surface area contributed by atoms with Gasteiger partial charge in [-0.3, -0.25) is 0 Å². The average Bonchev–Trinajstić information content (AvgIpc) is 2.29. The van der Waals surface area contributed by atoms with Gasteiger partial charge >= 0.3 is 0 Å². The first-order valence-corrected chi connectivity index (χ1v) is 5.73. The van der Waals surface area contributed by atoms with Crippen molar-refractivity contribution in [2.75, 3.05) is 13.7 Å². The lowest BCUT2D eigenvalue weighted by Crippen LogP contribution is -2.39. The number of benzene rings is 1. The zero-order chi connectivity index (χ0) is 12.0. The Labute approximate surface area is 98.0 Å². The standard InChI is InChI=1S/C13H22N2O/c1-10(2)13(8-14)15-9-11-5-4-6-12(7-11)16-3/h4-7,10,13,15H,8-9,14H2,1-3H3. The van der Waals surface area contributed by atoms with E-state index in [1.165, 1.54) is 5.56 Å². The normalized spacial score (nSPS) is 12.8. The second-order valence-corrected chi connectivity index (χ2v) is 4.32. The van der Waals surface area contributed by atoms with Gasteiger partial charge in [0.2, 0.25) is 0 Å². The summed E-state index contributed by atoms with van der Waals surface area (Å²) in [6.07, 6.45) is 0. The van der Waals surface area contributed by atoms with Gasteiger partial charge in [-0.05, 0) is 23.6 Å². The summed E-state index contributed by atoms with van der Waals surface area (Å²) in [7, 11) is 1.68. The Bertz CT molecular complexity index is 313. The molecule has 0 heterocycles. The van der Waals surface area contributed by atoms with Crippen molar-refractivity contribution in [1.82, 2.24) is 5.32 Å². The number of hydrogen-bond donors (Lipinski definition) is 2. The van der Waals surface area contributed by atoms with Crippen molar-refractivity contribution in [1.29, 1.82) is 0 Å². The van der Waals surface area contributed by atoms with Crippen LogP contribution < -0.4 is 15.8 Å². The zero-order valence-electron chi connectivity index (χ0n) is 10.4. The van der Waals surface area contributed by atoms with Crippen molar-refractivity contribution >= 4 is 0 Å². The molecule has 0 saturated carbocycles. The number of nitrogens with two attached hydrogens (primary N) is 1. The van der Waals surface area contributed by atoms with Crippen LogP contribution in [-0.2, 0) is 6.54 Å². The Morgan fingerprint density at radius 3 is 2.69 bits per heavy atom. The molecule has 0 bridgehead atoms. The van der Waals surface area contributed by atoms with Gasteiger partial charge < -0.3 is 15.8 Å². The molecule has 1 unspecified atom stereocenters. The number of ether oxygens (including phenoxy) is 1. The Morgan fingerprint density at radius 2 is 2.12 bits per heavy atom. The van der Waals surface area contributed by atoms with E-state index >= 15 is 0 Å². The molecule has 0 aromatic heterocycles. The number of rotatable bonds is 6. The predicted molar refractivity (Wildman–Crippen MR) is 67.5 cm³/mol. The number of nitrogens with one attached hydrogen (secondary N) is 1. The van der Waals surface area contributed by atoms with Crippen LogP contribution in [0.2, 0.25) is 0 Å². The molecule has 1 atom stereocenters. The van der Waals surface area contributed by atoms with Gasteiger partial charge in [-0.2, -0.15) is 0 Å². The Hall–Kier alpha value is -1.06. The van der Waals surface area contributed by atoms with Crippen molar-refractivity contribution in [3.05, 3.63) is 29.8 Å². The molecular weight excluding hydrogens is 200 g/mol. The molecule has 3 nitrogen and oxygen atoms in total. The second-order valence-electron chi connectivity index (χ2n) is 4.32. The Morgan fingerprint density at radius 1 is 1.38 bits per heavy atom. The lowest BCUT2D eigenvalue weighted by atomic mass is 10.0. The highest BCUT2D eigenvalue weighted by Gasteiger charge is 2.10. The maximum Gasteiger partial charge on any atom is 0.119 e. The molecule has 0 saturated heterocycles. The highest BCUT2D eigenvalue weighted by molar-refractivity contribution is 5.28. The minimum atomic E-state index is 0.367. The van der Waals surface area contributed by atoms with Crippen LogP contribution in [0.25, 0.3) is 0 Å². The topological polar surface area (TPSA) is 47.3 Å². The summed E-state index contributed by atoms with van der Waals surface area (Å²) in [5, 5.41) is 3.46. The van der Waals surface area contributed by atoms with Gasteiger partial charge in [-0.25, -0.2) is 0 Å².